The Kier molecular flexibility index (Phi) is 4.06. The highest BCUT2D eigenvalue weighted by Crippen LogP contribution is 2.34. The maximum atomic E-state index is 12.0. The van der Waals surface area contributed by atoms with Gasteiger partial charge in [0.25, 0.3) is 5.19 Å². The number of hydrogen-bond donors (Lipinski definition) is 0. The van der Waals surface area contributed by atoms with E-state index in [0.29, 0.717) is 0 Å². The van der Waals surface area contributed by atoms with Gasteiger partial charge in [-0.05, 0) is 12.1 Å². The number of carbonyl (C=O) groups excluding carboxylic acids is 1. The fourth-order valence-electron chi connectivity index (χ4n) is 1.31. The molecule has 0 aliphatic rings. The van der Waals surface area contributed by atoms with E-state index in [1.54, 1.807) is 11.4 Å². The number of nitrogens with zero attached hydrogens (tertiary/aromatic N) is 1. The van der Waals surface area contributed by atoms with Crippen LogP contribution in [0, 0.1) is 0 Å². The zero-order valence-electron chi connectivity index (χ0n) is 9.15. The van der Waals surface area contributed by atoms with Gasteiger partial charge in [-0.15, -0.1) is 0 Å². The third kappa shape index (κ3) is 2.58. The van der Waals surface area contributed by atoms with Crippen molar-refractivity contribution in [1.82, 2.24) is 4.98 Å². The van der Waals surface area contributed by atoms with Gasteiger partial charge < -0.3 is 9.47 Å². The molecular weight excluding hydrogens is 297 g/mol. The summed E-state index contributed by atoms with van der Waals surface area (Å²) in [6, 6.07) is 3.05. The number of methoxy groups -OCH3 is 1. The second kappa shape index (κ2) is 5.56. The lowest BCUT2D eigenvalue weighted by Gasteiger charge is -2.10. The van der Waals surface area contributed by atoms with E-state index in [1.807, 2.05) is 0 Å². The Labute approximate surface area is 117 Å². The Morgan fingerprint density at radius 2 is 2.06 bits per heavy atom. The topological polar surface area (TPSA) is 48.4 Å². The van der Waals surface area contributed by atoms with Crippen molar-refractivity contribution in [3.63, 3.8) is 0 Å². The molecule has 0 bridgehead atoms. The summed E-state index contributed by atoms with van der Waals surface area (Å²) in [7, 11) is 1.40. The highest BCUT2D eigenvalue weighted by Gasteiger charge is 2.22. The number of rotatable bonds is 3. The molecule has 1 aromatic carbocycles. The predicted molar refractivity (Wildman–Crippen MR) is 70.1 cm³/mol. The maximum absolute atomic E-state index is 12.0. The van der Waals surface area contributed by atoms with E-state index < -0.39 is 5.97 Å². The number of aromatic nitrogens is 1. The van der Waals surface area contributed by atoms with Crippen LogP contribution in [0.15, 0.2) is 23.7 Å². The summed E-state index contributed by atoms with van der Waals surface area (Å²) in [5.41, 5.74) is 0.0851. The largest absolute Gasteiger partial charge is 0.494 e. The molecule has 1 aromatic heterocycles. The molecule has 0 radical (unpaired) electrons. The van der Waals surface area contributed by atoms with Crippen LogP contribution in [-0.2, 0) is 0 Å². The SMILES string of the molecule is COc1c(Cl)ccc(Cl)c1C(=O)Oc1nccs1. The molecule has 2 rings (SSSR count). The number of carbonyl (C=O) groups is 1. The third-order valence-corrected chi connectivity index (χ3v) is 3.32. The predicted octanol–water partition coefficient (Wildman–Crippen LogP) is 3.68. The van der Waals surface area contributed by atoms with E-state index in [1.165, 1.54) is 30.7 Å². The molecule has 4 nitrogen and oxygen atoms in total. The fraction of sp³-hybridized carbons (Fsp3) is 0.0909. The molecule has 0 fully saturated rings. The van der Waals surface area contributed by atoms with E-state index in [0.717, 1.165) is 0 Å². The van der Waals surface area contributed by atoms with Crippen LogP contribution in [0.5, 0.6) is 10.9 Å². The normalized spacial score (nSPS) is 10.2. The summed E-state index contributed by atoms with van der Waals surface area (Å²) in [4.78, 5) is 15.8. The van der Waals surface area contributed by atoms with Crippen LogP contribution < -0.4 is 9.47 Å². The first kappa shape index (κ1) is 13.1. The Bertz CT molecular complexity index is 572. The van der Waals surface area contributed by atoms with Crippen molar-refractivity contribution in [2.75, 3.05) is 7.11 Å². The van der Waals surface area contributed by atoms with Gasteiger partial charge in [0.05, 0.1) is 17.2 Å². The average Bonchev–Trinajstić information content (AvgIpc) is 2.84. The van der Waals surface area contributed by atoms with Crippen LogP contribution >= 0.6 is 34.5 Å². The van der Waals surface area contributed by atoms with Crippen LogP contribution in [0.2, 0.25) is 10.0 Å². The van der Waals surface area contributed by atoms with Crippen molar-refractivity contribution in [2.45, 2.75) is 0 Å². The van der Waals surface area contributed by atoms with Crippen LogP contribution in [-0.4, -0.2) is 18.1 Å². The van der Waals surface area contributed by atoms with Crippen LogP contribution in [0.4, 0.5) is 0 Å². The quantitative estimate of drug-likeness (QED) is 0.812. The average molecular weight is 304 g/mol. The lowest BCUT2D eigenvalue weighted by atomic mass is 10.2. The minimum atomic E-state index is -0.658. The van der Waals surface area contributed by atoms with Gasteiger partial charge in [0.2, 0.25) is 0 Å². The lowest BCUT2D eigenvalue weighted by Crippen LogP contribution is -2.11. The molecule has 1 heterocycles. The Morgan fingerprint density at radius 1 is 1.33 bits per heavy atom. The number of benzene rings is 1. The molecule has 0 atom stereocenters. The van der Waals surface area contributed by atoms with E-state index in [4.69, 9.17) is 32.7 Å². The Hall–Kier alpha value is -1.30. The number of hydrogen-bond acceptors (Lipinski definition) is 5. The highest BCUT2D eigenvalue weighted by molar-refractivity contribution is 7.11. The standard InChI is InChI=1S/C11H7Cl2NO3S/c1-16-9-7(13)3-2-6(12)8(9)10(15)17-11-14-4-5-18-11/h2-5H,1H3. The number of esters is 1. The molecule has 0 amide bonds. The summed E-state index contributed by atoms with van der Waals surface area (Å²) < 4.78 is 10.1. The molecular formula is C11H7Cl2NO3S. The van der Waals surface area contributed by atoms with Crippen molar-refractivity contribution in [3.8, 4) is 10.9 Å². The van der Waals surface area contributed by atoms with Gasteiger partial charge in [-0.1, -0.05) is 34.5 Å². The second-order valence-electron chi connectivity index (χ2n) is 3.12. The first-order valence-corrected chi connectivity index (χ1v) is 6.40. The smallest absolute Gasteiger partial charge is 0.350 e. The monoisotopic (exact) mass is 303 g/mol. The molecule has 2 aromatic rings. The summed E-state index contributed by atoms with van der Waals surface area (Å²) >= 11 is 13.1. The highest BCUT2D eigenvalue weighted by atomic mass is 35.5. The molecule has 0 unspecified atom stereocenters. The van der Waals surface area contributed by atoms with Gasteiger partial charge >= 0.3 is 5.97 Å². The van der Waals surface area contributed by atoms with E-state index in [-0.39, 0.29) is 26.6 Å². The number of halogens is 2. The molecule has 18 heavy (non-hydrogen) atoms. The minimum Gasteiger partial charge on any atom is -0.494 e. The van der Waals surface area contributed by atoms with Gasteiger partial charge in [0.1, 0.15) is 5.56 Å². The van der Waals surface area contributed by atoms with E-state index in [2.05, 4.69) is 4.98 Å². The van der Waals surface area contributed by atoms with Crippen molar-refractivity contribution in [3.05, 3.63) is 39.3 Å². The molecule has 0 spiro atoms. The zero-order valence-corrected chi connectivity index (χ0v) is 11.5. The zero-order chi connectivity index (χ0) is 13.1. The summed E-state index contributed by atoms with van der Waals surface area (Å²) in [6.07, 6.45) is 1.53. The van der Waals surface area contributed by atoms with Crippen LogP contribution in [0.25, 0.3) is 0 Å². The molecule has 0 saturated heterocycles. The van der Waals surface area contributed by atoms with Crippen molar-refractivity contribution < 1.29 is 14.3 Å². The lowest BCUT2D eigenvalue weighted by molar-refractivity contribution is 0.0731. The van der Waals surface area contributed by atoms with Crippen LogP contribution in [0.3, 0.4) is 0 Å². The molecule has 7 heteroatoms. The number of thiazole rings is 1. The summed E-state index contributed by atoms with van der Waals surface area (Å²) in [5, 5.41) is 2.42. The van der Waals surface area contributed by atoms with Gasteiger partial charge in [0.15, 0.2) is 5.75 Å². The van der Waals surface area contributed by atoms with E-state index in [9.17, 15) is 4.79 Å². The second-order valence-corrected chi connectivity index (χ2v) is 4.80. The molecule has 0 aliphatic carbocycles. The first-order chi connectivity index (χ1) is 8.63. The summed E-state index contributed by atoms with van der Waals surface area (Å²) in [6.45, 7) is 0. The molecule has 94 valence electrons. The maximum Gasteiger partial charge on any atom is 0.350 e. The Balaban J connectivity index is 2.38. The van der Waals surface area contributed by atoms with Gasteiger partial charge in [0, 0.05) is 11.6 Å². The molecule has 0 aliphatic heterocycles. The van der Waals surface area contributed by atoms with Gasteiger partial charge in [-0.2, -0.15) is 0 Å². The fourth-order valence-corrected chi connectivity index (χ4v) is 2.26. The minimum absolute atomic E-state index is 0.0851. The van der Waals surface area contributed by atoms with Crippen LogP contribution in [0.1, 0.15) is 10.4 Å². The van der Waals surface area contributed by atoms with Crippen molar-refractivity contribution >= 4 is 40.5 Å². The van der Waals surface area contributed by atoms with Crippen molar-refractivity contribution in [2.24, 2.45) is 0 Å². The van der Waals surface area contributed by atoms with E-state index >= 15 is 0 Å². The Morgan fingerprint density at radius 3 is 2.67 bits per heavy atom. The van der Waals surface area contributed by atoms with Gasteiger partial charge in [-0.3, -0.25) is 0 Å². The molecule has 0 N–H and O–H groups in total. The molecule has 0 saturated carbocycles. The summed E-state index contributed by atoms with van der Waals surface area (Å²) in [5.74, 6) is -0.472. The third-order valence-electron chi connectivity index (χ3n) is 2.06. The van der Waals surface area contributed by atoms with Gasteiger partial charge in [-0.25, -0.2) is 9.78 Å². The number of ether oxygens (including phenoxy) is 2. The van der Waals surface area contributed by atoms with Crippen molar-refractivity contribution in [1.29, 1.82) is 0 Å². The first-order valence-electron chi connectivity index (χ1n) is 4.77.